The minimum Gasteiger partial charge on any atom is -0.496 e. The maximum atomic E-state index is 5.45. The summed E-state index contributed by atoms with van der Waals surface area (Å²) in [6.45, 7) is 3.27. The third-order valence-electron chi connectivity index (χ3n) is 3.32. The second-order valence-electron chi connectivity index (χ2n) is 4.60. The first kappa shape index (κ1) is 11.5. The van der Waals surface area contributed by atoms with Crippen molar-refractivity contribution in [1.29, 1.82) is 0 Å². The lowest BCUT2D eigenvalue weighted by Gasteiger charge is -2.19. The second-order valence-corrected chi connectivity index (χ2v) is 4.60. The van der Waals surface area contributed by atoms with Gasteiger partial charge < -0.3 is 10.1 Å². The topological polar surface area (TPSA) is 21.3 Å². The van der Waals surface area contributed by atoms with Gasteiger partial charge in [-0.2, -0.15) is 0 Å². The predicted molar refractivity (Wildman–Crippen MR) is 66.9 cm³/mol. The molecule has 1 heterocycles. The summed E-state index contributed by atoms with van der Waals surface area (Å²) in [6.07, 6.45) is 5.18. The molecule has 0 aliphatic carbocycles. The van der Waals surface area contributed by atoms with Crippen LogP contribution in [0, 0.1) is 6.92 Å². The fraction of sp³-hybridized carbons (Fsp3) is 0.571. The molecule has 1 N–H and O–H groups in total. The van der Waals surface area contributed by atoms with Crippen LogP contribution in [0.1, 0.15) is 42.9 Å². The van der Waals surface area contributed by atoms with Crippen molar-refractivity contribution in [3.05, 3.63) is 29.3 Å². The lowest BCUT2D eigenvalue weighted by atomic mass is 9.99. The van der Waals surface area contributed by atoms with Crippen molar-refractivity contribution in [2.75, 3.05) is 13.7 Å². The SMILES string of the molecule is COc1ccc(C)cc1[C@H]1CCCCCN1. The van der Waals surface area contributed by atoms with Gasteiger partial charge in [0, 0.05) is 11.6 Å². The Kier molecular flexibility index (Phi) is 3.83. The number of aryl methyl sites for hydroxylation is 1. The van der Waals surface area contributed by atoms with Crippen molar-refractivity contribution < 1.29 is 4.74 Å². The highest BCUT2D eigenvalue weighted by Crippen LogP contribution is 2.30. The molecule has 16 heavy (non-hydrogen) atoms. The molecule has 0 saturated carbocycles. The average molecular weight is 219 g/mol. The first-order chi connectivity index (χ1) is 7.81. The Labute approximate surface area is 98.0 Å². The molecule has 1 aliphatic heterocycles. The van der Waals surface area contributed by atoms with Crippen LogP contribution in [-0.4, -0.2) is 13.7 Å². The van der Waals surface area contributed by atoms with E-state index in [0.717, 1.165) is 12.3 Å². The smallest absolute Gasteiger partial charge is 0.123 e. The highest BCUT2D eigenvalue weighted by atomic mass is 16.5. The second kappa shape index (κ2) is 5.35. The zero-order valence-electron chi connectivity index (χ0n) is 10.3. The monoisotopic (exact) mass is 219 g/mol. The third-order valence-corrected chi connectivity index (χ3v) is 3.32. The Hall–Kier alpha value is -1.02. The highest BCUT2D eigenvalue weighted by molar-refractivity contribution is 5.39. The molecule has 1 aromatic carbocycles. The first-order valence-electron chi connectivity index (χ1n) is 6.19. The molecule has 1 aromatic rings. The molecule has 0 bridgehead atoms. The summed E-state index contributed by atoms with van der Waals surface area (Å²) in [7, 11) is 1.75. The van der Waals surface area contributed by atoms with Gasteiger partial charge in [0.05, 0.1) is 7.11 Å². The summed E-state index contributed by atoms with van der Waals surface area (Å²) in [6, 6.07) is 6.91. The van der Waals surface area contributed by atoms with E-state index < -0.39 is 0 Å². The van der Waals surface area contributed by atoms with Crippen LogP contribution in [0.4, 0.5) is 0 Å². The van der Waals surface area contributed by atoms with Gasteiger partial charge >= 0.3 is 0 Å². The number of hydrogen-bond acceptors (Lipinski definition) is 2. The van der Waals surface area contributed by atoms with Gasteiger partial charge in [-0.25, -0.2) is 0 Å². The van der Waals surface area contributed by atoms with E-state index in [9.17, 15) is 0 Å². The average Bonchev–Trinajstić information content (AvgIpc) is 2.57. The zero-order valence-corrected chi connectivity index (χ0v) is 10.3. The highest BCUT2D eigenvalue weighted by Gasteiger charge is 2.17. The summed E-state index contributed by atoms with van der Waals surface area (Å²) < 4.78 is 5.45. The molecule has 0 radical (unpaired) electrons. The predicted octanol–water partition coefficient (Wildman–Crippen LogP) is 3.21. The molecule has 2 heteroatoms. The van der Waals surface area contributed by atoms with E-state index in [0.29, 0.717) is 6.04 Å². The molecule has 1 atom stereocenters. The molecule has 88 valence electrons. The normalized spacial score (nSPS) is 21.5. The van der Waals surface area contributed by atoms with Crippen LogP contribution in [0.2, 0.25) is 0 Å². The largest absolute Gasteiger partial charge is 0.496 e. The fourth-order valence-corrected chi connectivity index (χ4v) is 2.42. The summed E-state index contributed by atoms with van der Waals surface area (Å²) in [5, 5.41) is 3.62. The quantitative estimate of drug-likeness (QED) is 0.824. The molecule has 2 nitrogen and oxygen atoms in total. The van der Waals surface area contributed by atoms with E-state index in [1.807, 2.05) is 0 Å². The van der Waals surface area contributed by atoms with Crippen molar-refractivity contribution >= 4 is 0 Å². The minimum atomic E-state index is 0.470. The van der Waals surface area contributed by atoms with Gasteiger partial charge in [0.15, 0.2) is 0 Å². The van der Waals surface area contributed by atoms with Crippen LogP contribution in [-0.2, 0) is 0 Å². The molecular weight excluding hydrogens is 198 g/mol. The molecular formula is C14H21NO. The standard InChI is InChI=1S/C14H21NO/c1-11-7-8-14(16-2)12(10-11)13-6-4-3-5-9-15-13/h7-8,10,13,15H,3-6,9H2,1-2H3/t13-/m1/s1. The summed E-state index contributed by atoms with van der Waals surface area (Å²) in [4.78, 5) is 0. The van der Waals surface area contributed by atoms with Gasteiger partial charge in [0.2, 0.25) is 0 Å². The van der Waals surface area contributed by atoms with Crippen molar-refractivity contribution in [2.24, 2.45) is 0 Å². The molecule has 0 aromatic heterocycles. The van der Waals surface area contributed by atoms with Gasteiger partial charge in [0.1, 0.15) is 5.75 Å². The minimum absolute atomic E-state index is 0.470. The zero-order chi connectivity index (χ0) is 11.4. The molecule has 0 spiro atoms. The van der Waals surface area contributed by atoms with E-state index in [1.165, 1.54) is 36.8 Å². The van der Waals surface area contributed by atoms with Gasteiger partial charge in [-0.15, -0.1) is 0 Å². The van der Waals surface area contributed by atoms with Gasteiger partial charge in [-0.3, -0.25) is 0 Å². The number of ether oxygens (including phenoxy) is 1. The first-order valence-corrected chi connectivity index (χ1v) is 6.19. The fourth-order valence-electron chi connectivity index (χ4n) is 2.42. The molecule has 1 aliphatic rings. The number of rotatable bonds is 2. The van der Waals surface area contributed by atoms with Gasteiger partial charge in [-0.05, 0) is 32.4 Å². The molecule has 0 unspecified atom stereocenters. The van der Waals surface area contributed by atoms with Crippen LogP contribution in [0.5, 0.6) is 5.75 Å². The molecule has 2 rings (SSSR count). The summed E-state index contributed by atoms with van der Waals surface area (Å²) in [5.41, 5.74) is 2.63. The Morgan fingerprint density at radius 3 is 2.94 bits per heavy atom. The van der Waals surface area contributed by atoms with Crippen LogP contribution in [0.3, 0.4) is 0 Å². The van der Waals surface area contributed by atoms with Crippen LogP contribution < -0.4 is 10.1 Å². The van der Waals surface area contributed by atoms with Gasteiger partial charge in [0.25, 0.3) is 0 Å². The van der Waals surface area contributed by atoms with Crippen molar-refractivity contribution in [2.45, 2.75) is 38.6 Å². The Morgan fingerprint density at radius 2 is 2.12 bits per heavy atom. The number of benzene rings is 1. The van der Waals surface area contributed by atoms with Crippen molar-refractivity contribution in [1.82, 2.24) is 5.32 Å². The van der Waals surface area contributed by atoms with E-state index in [4.69, 9.17) is 4.74 Å². The van der Waals surface area contributed by atoms with E-state index in [2.05, 4.69) is 30.4 Å². The van der Waals surface area contributed by atoms with E-state index in [1.54, 1.807) is 7.11 Å². The maximum absolute atomic E-state index is 5.45. The molecule has 1 saturated heterocycles. The Bertz CT molecular complexity index is 341. The number of nitrogens with one attached hydrogen (secondary N) is 1. The van der Waals surface area contributed by atoms with E-state index >= 15 is 0 Å². The molecule has 0 amide bonds. The Balaban J connectivity index is 2.25. The van der Waals surface area contributed by atoms with Gasteiger partial charge in [-0.1, -0.05) is 30.5 Å². The number of hydrogen-bond donors (Lipinski definition) is 1. The van der Waals surface area contributed by atoms with Crippen LogP contribution >= 0.6 is 0 Å². The van der Waals surface area contributed by atoms with Crippen LogP contribution in [0.15, 0.2) is 18.2 Å². The Morgan fingerprint density at radius 1 is 1.25 bits per heavy atom. The maximum Gasteiger partial charge on any atom is 0.123 e. The van der Waals surface area contributed by atoms with E-state index in [-0.39, 0.29) is 0 Å². The summed E-state index contributed by atoms with van der Waals surface area (Å²) in [5.74, 6) is 1.02. The number of methoxy groups -OCH3 is 1. The lowest BCUT2D eigenvalue weighted by molar-refractivity contribution is 0.397. The van der Waals surface area contributed by atoms with Crippen molar-refractivity contribution in [3.8, 4) is 5.75 Å². The summed E-state index contributed by atoms with van der Waals surface area (Å²) >= 11 is 0. The molecule has 1 fully saturated rings. The lowest BCUT2D eigenvalue weighted by Crippen LogP contribution is -2.20. The van der Waals surface area contributed by atoms with Crippen LogP contribution in [0.25, 0.3) is 0 Å². The third kappa shape index (κ3) is 2.56. The van der Waals surface area contributed by atoms with Crippen molar-refractivity contribution in [3.63, 3.8) is 0 Å².